The molecule has 0 heterocycles. The number of non-ortho nitro benzene ring substituents is 1. The van der Waals surface area contributed by atoms with Gasteiger partial charge < -0.3 is 20.8 Å². The van der Waals surface area contributed by atoms with E-state index in [1.54, 1.807) is 6.92 Å². The van der Waals surface area contributed by atoms with E-state index < -0.39 is 16.6 Å². The van der Waals surface area contributed by atoms with E-state index in [2.05, 4.69) is 10.2 Å². The van der Waals surface area contributed by atoms with Gasteiger partial charge in [-0.05, 0) is 29.9 Å². The summed E-state index contributed by atoms with van der Waals surface area (Å²) in [5, 5.41) is 49.7. The Morgan fingerprint density at radius 3 is 2.36 bits per heavy atom. The maximum atomic E-state index is 11.6. The fourth-order valence-electron chi connectivity index (χ4n) is 1.85. The quantitative estimate of drug-likeness (QED) is 0.284. The molecular formula is C18H19N3O6V. The van der Waals surface area contributed by atoms with Crippen LogP contribution in [0.1, 0.15) is 24.5 Å². The van der Waals surface area contributed by atoms with Crippen molar-refractivity contribution in [3.05, 3.63) is 69.8 Å². The minimum absolute atomic E-state index is 0. The molecule has 28 heavy (non-hydrogen) atoms. The van der Waals surface area contributed by atoms with Crippen LogP contribution in [-0.4, -0.2) is 29.1 Å². The van der Waals surface area contributed by atoms with Crippen LogP contribution in [0.15, 0.2) is 58.7 Å². The van der Waals surface area contributed by atoms with Gasteiger partial charge in [-0.3, -0.25) is 10.1 Å². The molecule has 0 aliphatic carbocycles. The third-order valence-corrected chi connectivity index (χ3v) is 3.04. The Hall–Kier alpha value is -2.72. The summed E-state index contributed by atoms with van der Waals surface area (Å²) in [4.78, 5) is 10.0. The first kappa shape index (κ1) is 27.5. The second-order valence-corrected chi connectivity index (χ2v) is 4.99. The van der Waals surface area contributed by atoms with Gasteiger partial charge in [-0.25, -0.2) is 0 Å². The van der Waals surface area contributed by atoms with E-state index in [4.69, 9.17) is 5.11 Å². The van der Waals surface area contributed by atoms with Crippen molar-refractivity contribution in [1.29, 1.82) is 0 Å². The van der Waals surface area contributed by atoms with Crippen LogP contribution in [0.3, 0.4) is 0 Å². The summed E-state index contributed by atoms with van der Waals surface area (Å²) in [6.07, 6.45) is 1.79. The summed E-state index contributed by atoms with van der Waals surface area (Å²) >= 11 is 0. The monoisotopic (exact) mass is 424 g/mol. The van der Waals surface area contributed by atoms with Gasteiger partial charge in [0, 0.05) is 12.1 Å². The van der Waals surface area contributed by atoms with Crippen LogP contribution < -0.4 is 15.3 Å². The van der Waals surface area contributed by atoms with E-state index >= 15 is 0 Å². The van der Waals surface area contributed by atoms with Crippen LogP contribution >= 0.6 is 0 Å². The van der Waals surface area contributed by atoms with Crippen molar-refractivity contribution in [2.24, 2.45) is 10.2 Å². The van der Waals surface area contributed by atoms with Crippen LogP contribution in [0.25, 0.3) is 0 Å². The van der Waals surface area contributed by atoms with Gasteiger partial charge in [-0.1, -0.05) is 49.1 Å². The van der Waals surface area contributed by atoms with E-state index in [1.807, 2.05) is 30.3 Å². The van der Waals surface area contributed by atoms with Gasteiger partial charge in [-0.15, -0.1) is 6.61 Å². The number of nitrogens with zero attached hydrogens (tertiary/aromatic N) is 3. The molecule has 0 aliphatic heterocycles. The van der Waals surface area contributed by atoms with Gasteiger partial charge in [-0.2, -0.15) is 10.2 Å². The Kier molecular flexibility index (Phi) is 15.1. The second kappa shape index (κ2) is 15.4. The number of hydrogen-bond donors (Lipinski definition) is 0. The number of nitro groups is 1. The molecule has 0 saturated carbocycles. The van der Waals surface area contributed by atoms with Gasteiger partial charge in [0.15, 0.2) is 0 Å². The Bertz CT molecular complexity index is 769. The van der Waals surface area contributed by atoms with Crippen molar-refractivity contribution in [3.63, 3.8) is 0 Å². The fraction of sp³-hybridized carbons (Fsp3) is 0.222. The molecule has 2 aromatic rings. The third-order valence-electron chi connectivity index (χ3n) is 3.04. The van der Waals surface area contributed by atoms with Gasteiger partial charge in [0.2, 0.25) is 0 Å². The zero-order valence-electron chi connectivity index (χ0n) is 15.1. The molecule has 0 unspecified atom stereocenters. The van der Waals surface area contributed by atoms with Crippen LogP contribution in [0, 0.1) is 10.1 Å². The molecule has 147 valence electrons. The van der Waals surface area contributed by atoms with Crippen LogP contribution in [0.5, 0.6) is 5.75 Å². The van der Waals surface area contributed by atoms with E-state index in [0.717, 1.165) is 30.0 Å². The Balaban J connectivity index is 0. The summed E-state index contributed by atoms with van der Waals surface area (Å²) in [5.74, 6) is -0.853. The summed E-state index contributed by atoms with van der Waals surface area (Å²) in [6.45, 7) is 1.57. The SMILES string of the molecule is CC[O-].O=[N+]([O-])c1ccc([O-])c(/C=N/N=C(\[O-])CCc2ccccc2)c1.[OH-].[V+4]. The minimum atomic E-state index is -0.612. The molecule has 0 saturated heterocycles. The summed E-state index contributed by atoms with van der Waals surface area (Å²) in [5.41, 5.74) is 0.806. The molecule has 0 fully saturated rings. The van der Waals surface area contributed by atoms with Crippen molar-refractivity contribution >= 4 is 17.8 Å². The Morgan fingerprint density at radius 2 is 1.79 bits per heavy atom. The molecule has 2 aromatic carbocycles. The standard InChI is InChI=1S/C16H15N3O4.C2H5O.H2O.V/c20-15-8-7-14(19(22)23)10-13(15)11-17-18-16(21)9-6-12-4-2-1-3-5-12;1-2-3;;/h1-5,7-8,10-11,20H,6,9H2,(H,18,21);2H2,1H3;1H2;/q;-1;;+4/p-3/b17-11+;;;. The van der Waals surface area contributed by atoms with Crippen LogP contribution in [0.2, 0.25) is 0 Å². The first-order valence-electron chi connectivity index (χ1n) is 7.82. The third kappa shape index (κ3) is 10.4. The van der Waals surface area contributed by atoms with E-state index in [9.17, 15) is 20.3 Å². The van der Waals surface area contributed by atoms with Crippen LogP contribution in [0.4, 0.5) is 5.69 Å². The summed E-state index contributed by atoms with van der Waals surface area (Å²) in [7, 11) is 0. The van der Waals surface area contributed by atoms with Crippen molar-refractivity contribution in [3.8, 4) is 5.75 Å². The number of nitro benzene ring substituents is 1. The van der Waals surface area contributed by atoms with E-state index in [0.29, 0.717) is 6.42 Å². The van der Waals surface area contributed by atoms with Crippen molar-refractivity contribution < 1.29 is 44.3 Å². The first-order chi connectivity index (χ1) is 12.5. The van der Waals surface area contributed by atoms with Gasteiger partial charge >= 0.3 is 18.6 Å². The van der Waals surface area contributed by atoms with Gasteiger partial charge in [0.1, 0.15) is 0 Å². The molecule has 9 nitrogen and oxygen atoms in total. The van der Waals surface area contributed by atoms with Crippen LogP contribution in [-0.2, 0) is 25.0 Å². The smallest absolute Gasteiger partial charge is 0.872 e. The molecule has 0 aromatic heterocycles. The topological polar surface area (TPSA) is 167 Å². The maximum absolute atomic E-state index is 11.6. The second-order valence-electron chi connectivity index (χ2n) is 4.99. The zero-order chi connectivity index (χ0) is 19.4. The van der Waals surface area contributed by atoms with Crippen molar-refractivity contribution in [1.82, 2.24) is 0 Å². The molecule has 0 spiro atoms. The van der Waals surface area contributed by atoms with Crippen molar-refractivity contribution in [2.75, 3.05) is 6.61 Å². The molecule has 0 bridgehead atoms. The minimum Gasteiger partial charge on any atom is -0.872 e. The molecule has 1 N–H and O–H groups in total. The summed E-state index contributed by atoms with van der Waals surface area (Å²) in [6, 6.07) is 12.8. The number of benzene rings is 2. The predicted molar refractivity (Wildman–Crippen MR) is 94.8 cm³/mol. The average molecular weight is 424 g/mol. The normalized spacial score (nSPS) is 10.3. The Labute approximate surface area is 174 Å². The largest absolute Gasteiger partial charge is 4.00 e. The van der Waals surface area contributed by atoms with Gasteiger partial charge in [0.05, 0.1) is 11.1 Å². The fourth-order valence-corrected chi connectivity index (χ4v) is 1.85. The van der Waals surface area contributed by atoms with E-state index in [-0.39, 0.29) is 48.3 Å². The average Bonchev–Trinajstić information content (AvgIpc) is 2.63. The molecule has 10 heteroatoms. The molecule has 1 radical (unpaired) electrons. The molecule has 2 rings (SSSR count). The molecule has 0 amide bonds. The Morgan fingerprint density at radius 1 is 1.18 bits per heavy atom. The number of aryl methyl sites for hydroxylation is 1. The van der Waals surface area contributed by atoms with E-state index in [1.165, 1.54) is 0 Å². The number of hydrogen-bond acceptors (Lipinski definition) is 8. The molecule has 0 atom stereocenters. The molecular weight excluding hydrogens is 405 g/mol. The zero-order valence-corrected chi connectivity index (χ0v) is 16.5. The summed E-state index contributed by atoms with van der Waals surface area (Å²) < 4.78 is 0. The van der Waals surface area contributed by atoms with Crippen molar-refractivity contribution in [2.45, 2.75) is 19.8 Å². The maximum Gasteiger partial charge on any atom is 4.00 e. The van der Waals surface area contributed by atoms with Gasteiger partial charge in [0.25, 0.3) is 5.69 Å². The number of rotatable bonds is 6. The molecule has 0 aliphatic rings. The predicted octanol–water partition coefficient (Wildman–Crippen LogP) is 0.581. The first-order valence-corrected chi connectivity index (χ1v) is 7.82.